The number of halogens is 1. The van der Waals surface area contributed by atoms with Gasteiger partial charge in [-0.2, -0.15) is 4.98 Å². The van der Waals surface area contributed by atoms with Crippen molar-refractivity contribution < 1.29 is 13.8 Å². The number of nitrogens with zero attached hydrogens (tertiary/aromatic N) is 3. The summed E-state index contributed by atoms with van der Waals surface area (Å²) in [6, 6.07) is 7.97. The lowest BCUT2D eigenvalue weighted by molar-refractivity contribution is 0.0904. The van der Waals surface area contributed by atoms with E-state index in [9.17, 15) is 4.79 Å². The Hall–Kier alpha value is -2.67. The highest BCUT2D eigenvalue weighted by Crippen LogP contribution is 2.22. The van der Waals surface area contributed by atoms with Crippen LogP contribution in [0.2, 0.25) is 5.02 Å². The summed E-state index contributed by atoms with van der Waals surface area (Å²) in [4.78, 5) is 16.5. The molecule has 0 spiro atoms. The molecule has 2 aromatic heterocycles. The lowest BCUT2D eigenvalue weighted by Crippen LogP contribution is -2.29. The first kappa shape index (κ1) is 15.2. The van der Waals surface area contributed by atoms with Gasteiger partial charge in [-0.3, -0.25) is 4.79 Å². The van der Waals surface area contributed by atoms with Gasteiger partial charge in [-0.1, -0.05) is 34.0 Å². The molecule has 0 radical (unpaired) electrons. The summed E-state index contributed by atoms with van der Waals surface area (Å²) in [6.45, 7) is 3.41. The van der Waals surface area contributed by atoms with Gasteiger partial charge >= 0.3 is 0 Å². The number of carbonyl (C=O) groups excluding carboxylic acids is 1. The molecule has 2 heterocycles. The van der Waals surface area contributed by atoms with Gasteiger partial charge in [0.25, 0.3) is 5.91 Å². The maximum Gasteiger partial charge on any atom is 0.290 e. The minimum absolute atomic E-state index is 0.113. The first-order valence-electron chi connectivity index (χ1n) is 6.83. The van der Waals surface area contributed by atoms with E-state index in [1.165, 1.54) is 0 Å². The topological polar surface area (TPSA) is 94.1 Å². The van der Waals surface area contributed by atoms with Crippen LogP contribution in [-0.2, 0) is 0 Å². The number of benzene rings is 1. The third kappa shape index (κ3) is 3.40. The number of nitrogens with one attached hydrogen (secondary N) is 1. The quantitative estimate of drug-likeness (QED) is 0.789. The molecule has 1 atom stereocenters. The summed E-state index contributed by atoms with van der Waals surface area (Å²) < 4.78 is 9.98. The van der Waals surface area contributed by atoms with Gasteiger partial charge in [0.05, 0.1) is 5.69 Å². The van der Waals surface area contributed by atoms with Crippen molar-refractivity contribution >= 4 is 17.5 Å². The van der Waals surface area contributed by atoms with Gasteiger partial charge in [-0.15, -0.1) is 0 Å². The van der Waals surface area contributed by atoms with E-state index in [2.05, 4.69) is 20.6 Å². The number of hydrogen-bond donors (Lipinski definition) is 1. The largest absolute Gasteiger partial charge is 0.351 e. The van der Waals surface area contributed by atoms with Crippen molar-refractivity contribution in [3.8, 4) is 0 Å². The third-order valence-corrected chi connectivity index (χ3v) is 3.38. The molecule has 7 nitrogen and oxygen atoms in total. The average molecular weight is 333 g/mol. The molecule has 0 fully saturated rings. The molecule has 3 rings (SSSR count). The standard InChI is InChI=1S/C15H13ClN4O3/c1-8-7-12(23-19-8)15(21)18-13(14-17-9(2)22-20-14)10-3-5-11(16)6-4-10/h3-7,13H,1-2H3,(H,18,21)/t13-/m0/s1. The molecule has 0 aliphatic carbocycles. The number of hydrogen-bond acceptors (Lipinski definition) is 6. The van der Waals surface area contributed by atoms with Crippen LogP contribution >= 0.6 is 11.6 Å². The molecule has 1 aromatic carbocycles. The van der Waals surface area contributed by atoms with E-state index in [1.54, 1.807) is 44.2 Å². The third-order valence-electron chi connectivity index (χ3n) is 3.13. The Morgan fingerprint density at radius 1 is 1.17 bits per heavy atom. The van der Waals surface area contributed by atoms with Crippen LogP contribution in [0.5, 0.6) is 0 Å². The highest BCUT2D eigenvalue weighted by molar-refractivity contribution is 6.30. The maximum absolute atomic E-state index is 12.3. The number of aromatic nitrogens is 3. The predicted octanol–water partition coefficient (Wildman–Crippen LogP) is 2.85. The Labute approximate surface area is 136 Å². The second kappa shape index (κ2) is 6.21. The molecular weight excluding hydrogens is 320 g/mol. The molecule has 8 heteroatoms. The van der Waals surface area contributed by atoms with Gasteiger partial charge in [0, 0.05) is 18.0 Å². The molecule has 0 bridgehead atoms. The van der Waals surface area contributed by atoms with E-state index in [0.717, 1.165) is 5.56 Å². The van der Waals surface area contributed by atoms with Crippen LogP contribution < -0.4 is 5.32 Å². The van der Waals surface area contributed by atoms with E-state index in [4.69, 9.17) is 20.6 Å². The highest BCUT2D eigenvalue weighted by atomic mass is 35.5. The van der Waals surface area contributed by atoms with Crippen molar-refractivity contribution in [3.63, 3.8) is 0 Å². The molecule has 1 N–H and O–H groups in total. The van der Waals surface area contributed by atoms with Crippen LogP contribution in [0.3, 0.4) is 0 Å². The smallest absolute Gasteiger partial charge is 0.290 e. The fraction of sp³-hybridized carbons (Fsp3) is 0.200. The second-order valence-electron chi connectivity index (χ2n) is 4.96. The van der Waals surface area contributed by atoms with E-state index in [0.29, 0.717) is 22.4 Å². The summed E-state index contributed by atoms with van der Waals surface area (Å²) in [5.41, 5.74) is 1.38. The average Bonchev–Trinajstić information content (AvgIpc) is 3.14. The first-order chi connectivity index (χ1) is 11.0. The predicted molar refractivity (Wildman–Crippen MR) is 81.0 cm³/mol. The Balaban J connectivity index is 1.92. The van der Waals surface area contributed by atoms with E-state index in [1.807, 2.05) is 0 Å². The van der Waals surface area contributed by atoms with Crippen molar-refractivity contribution in [1.29, 1.82) is 0 Å². The zero-order valence-corrected chi connectivity index (χ0v) is 13.2. The van der Waals surface area contributed by atoms with Crippen molar-refractivity contribution in [1.82, 2.24) is 20.6 Å². The van der Waals surface area contributed by atoms with Crippen molar-refractivity contribution in [2.24, 2.45) is 0 Å². The molecule has 3 aromatic rings. The SMILES string of the molecule is Cc1cc(C(=O)N[C@@H](c2ccc(Cl)cc2)c2noc(C)n2)on1. The minimum atomic E-state index is -0.595. The molecular formula is C15H13ClN4O3. The van der Waals surface area contributed by atoms with E-state index >= 15 is 0 Å². The van der Waals surface area contributed by atoms with Crippen LogP contribution in [0, 0.1) is 13.8 Å². The van der Waals surface area contributed by atoms with E-state index < -0.39 is 11.9 Å². The Kier molecular flexibility index (Phi) is 4.12. The summed E-state index contributed by atoms with van der Waals surface area (Å²) in [7, 11) is 0. The van der Waals surface area contributed by atoms with Crippen LogP contribution in [0.1, 0.15) is 39.6 Å². The normalized spacial score (nSPS) is 12.1. The number of aryl methyl sites for hydroxylation is 2. The Bertz CT molecular complexity index is 825. The molecule has 0 saturated carbocycles. The van der Waals surface area contributed by atoms with E-state index in [-0.39, 0.29) is 5.76 Å². The Morgan fingerprint density at radius 3 is 2.48 bits per heavy atom. The molecule has 0 aliphatic heterocycles. The molecule has 0 saturated heterocycles. The van der Waals surface area contributed by atoms with Gasteiger partial charge in [-0.05, 0) is 24.6 Å². The zero-order chi connectivity index (χ0) is 16.4. The molecule has 0 aliphatic rings. The maximum atomic E-state index is 12.3. The zero-order valence-electron chi connectivity index (χ0n) is 12.4. The highest BCUT2D eigenvalue weighted by Gasteiger charge is 2.24. The second-order valence-corrected chi connectivity index (χ2v) is 5.40. The van der Waals surface area contributed by atoms with Crippen molar-refractivity contribution in [2.45, 2.75) is 19.9 Å². The van der Waals surface area contributed by atoms with Crippen LogP contribution in [0.15, 0.2) is 39.4 Å². The number of carbonyl (C=O) groups is 1. The fourth-order valence-electron chi connectivity index (χ4n) is 2.06. The Morgan fingerprint density at radius 2 is 1.91 bits per heavy atom. The summed E-state index contributed by atoms with van der Waals surface area (Å²) >= 11 is 5.91. The van der Waals surface area contributed by atoms with Gasteiger partial charge in [-0.25, -0.2) is 0 Å². The molecule has 1 amide bonds. The van der Waals surface area contributed by atoms with Gasteiger partial charge in [0.15, 0.2) is 5.82 Å². The van der Waals surface area contributed by atoms with Gasteiger partial charge < -0.3 is 14.4 Å². The molecule has 23 heavy (non-hydrogen) atoms. The number of amides is 1. The van der Waals surface area contributed by atoms with Gasteiger partial charge in [0.1, 0.15) is 6.04 Å². The van der Waals surface area contributed by atoms with Crippen LogP contribution in [0.25, 0.3) is 0 Å². The van der Waals surface area contributed by atoms with Gasteiger partial charge in [0.2, 0.25) is 11.7 Å². The van der Waals surface area contributed by atoms with Crippen molar-refractivity contribution in [3.05, 3.63) is 64.1 Å². The van der Waals surface area contributed by atoms with Crippen LogP contribution in [0.4, 0.5) is 0 Å². The number of rotatable bonds is 4. The lowest BCUT2D eigenvalue weighted by atomic mass is 10.1. The first-order valence-corrected chi connectivity index (χ1v) is 7.20. The monoisotopic (exact) mass is 332 g/mol. The lowest BCUT2D eigenvalue weighted by Gasteiger charge is -2.15. The summed E-state index contributed by atoms with van der Waals surface area (Å²) in [5, 5.41) is 11.0. The van der Waals surface area contributed by atoms with Crippen molar-refractivity contribution in [2.75, 3.05) is 0 Å². The van der Waals surface area contributed by atoms with Crippen LogP contribution in [-0.4, -0.2) is 21.2 Å². The molecule has 0 unspecified atom stereocenters. The fourth-order valence-corrected chi connectivity index (χ4v) is 2.18. The summed E-state index contributed by atoms with van der Waals surface area (Å²) in [6.07, 6.45) is 0. The minimum Gasteiger partial charge on any atom is -0.351 e. The summed E-state index contributed by atoms with van der Waals surface area (Å²) in [5.74, 6) is 0.438. The molecule has 118 valence electrons.